The van der Waals surface area contributed by atoms with E-state index in [1.807, 2.05) is 0 Å². The summed E-state index contributed by atoms with van der Waals surface area (Å²) < 4.78 is 0. The minimum absolute atomic E-state index is 0.210. The lowest BCUT2D eigenvalue weighted by Gasteiger charge is -2.20. The Bertz CT molecular complexity index is 346. The van der Waals surface area contributed by atoms with E-state index >= 15 is 0 Å². The molecule has 2 aliphatic rings. The molecule has 2 saturated carbocycles. The molecule has 0 radical (unpaired) electrons. The minimum Gasteiger partial charge on any atom is -0.481 e. The Kier molecular flexibility index (Phi) is 4.66. The number of urea groups is 1. The number of carboxylic acid groups (broad SMARTS) is 1. The number of rotatable bonds is 4. The molecule has 4 unspecified atom stereocenters. The van der Waals surface area contributed by atoms with Crippen LogP contribution in [0.1, 0.15) is 45.4 Å². The average molecular weight is 268 g/mol. The molecule has 0 spiro atoms. The maximum absolute atomic E-state index is 11.8. The summed E-state index contributed by atoms with van der Waals surface area (Å²) >= 11 is 0. The Balaban J connectivity index is 1.73. The molecule has 2 rings (SSSR count). The highest BCUT2D eigenvalue weighted by Crippen LogP contribution is 2.30. The quantitative estimate of drug-likeness (QED) is 0.729. The van der Waals surface area contributed by atoms with Gasteiger partial charge in [0, 0.05) is 12.6 Å². The van der Waals surface area contributed by atoms with Crippen LogP contribution < -0.4 is 10.6 Å². The van der Waals surface area contributed by atoms with E-state index in [-0.39, 0.29) is 12.1 Å². The Morgan fingerprint density at radius 1 is 1.16 bits per heavy atom. The van der Waals surface area contributed by atoms with E-state index in [0.29, 0.717) is 24.8 Å². The van der Waals surface area contributed by atoms with Crippen LogP contribution in [0, 0.1) is 17.8 Å². The third kappa shape index (κ3) is 3.61. The number of amides is 2. The molecule has 0 heterocycles. The van der Waals surface area contributed by atoms with Gasteiger partial charge in [0.2, 0.25) is 0 Å². The molecule has 0 saturated heterocycles. The first-order valence-electron chi connectivity index (χ1n) is 7.35. The first-order valence-corrected chi connectivity index (χ1v) is 7.35. The van der Waals surface area contributed by atoms with Crippen molar-refractivity contribution < 1.29 is 14.7 Å². The van der Waals surface area contributed by atoms with Crippen LogP contribution in [-0.2, 0) is 4.79 Å². The van der Waals surface area contributed by atoms with Gasteiger partial charge < -0.3 is 15.7 Å². The van der Waals surface area contributed by atoms with Gasteiger partial charge in [0.25, 0.3) is 0 Å². The molecule has 2 fully saturated rings. The van der Waals surface area contributed by atoms with Crippen LogP contribution in [-0.4, -0.2) is 29.7 Å². The lowest BCUT2D eigenvalue weighted by atomic mass is 9.98. The van der Waals surface area contributed by atoms with Crippen LogP contribution in [0.25, 0.3) is 0 Å². The van der Waals surface area contributed by atoms with Crippen molar-refractivity contribution in [2.75, 3.05) is 6.54 Å². The molecule has 19 heavy (non-hydrogen) atoms. The normalized spacial score (nSPS) is 34.2. The Morgan fingerprint density at radius 3 is 2.53 bits per heavy atom. The molecule has 4 atom stereocenters. The second-order valence-electron chi connectivity index (χ2n) is 6.00. The first kappa shape index (κ1) is 14.2. The minimum atomic E-state index is -0.799. The largest absolute Gasteiger partial charge is 0.481 e. The number of hydrogen-bond donors (Lipinski definition) is 3. The van der Waals surface area contributed by atoms with Gasteiger partial charge in [0.15, 0.2) is 0 Å². The summed E-state index contributed by atoms with van der Waals surface area (Å²) in [7, 11) is 0. The van der Waals surface area contributed by atoms with E-state index in [1.54, 1.807) is 0 Å². The summed E-state index contributed by atoms with van der Waals surface area (Å²) in [5.41, 5.74) is 0. The van der Waals surface area contributed by atoms with Crippen molar-refractivity contribution in [1.29, 1.82) is 0 Å². The molecule has 2 amide bonds. The summed E-state index contributed by atoms with van der Waals surface area (Å²) in [6.45, 7) is 2.94. The maximum atomic E-state index is 11.8. The number of carboxylic acids is 1. The van der Waals surface area contributed by atoms with Gasteiger partial charge in [0.1, 0.15) is 0 Å². The SMILES string of the molecule is CC1CCCC1CNC(=O)NC1CCCC1C(=O)O. The predicted molar refractivity (Wildman–Crippen MR) is 71.8 cm³/mol. The molecule has 0 aromatic rings. The smallest absolute Gasteiger partial charge is 0.315 e. The van der Waals surface area contributed by atoms with E-state index in [2.05, 4.69) is 17.6 Å². The van der Waals surface area contributed by atoms with Crippen molar-refractivity contribution >= 4 is 12.0 Å². The third-order valence-electron chi connectivity index (χ3n) is 4.71. The molecule has 0 aromatic carbocycles. The van der Waals surface area contributed by atoms with Crippen molar-refractivity contribution in [3.8, 4) is 0 Å². The van der Waals surface area contributed by atoms with Crippen LogP contribution >= 0.6 is 0 Å². The van der Waals surface area contributed by atoms with Gasteiger partial charge in [-0.25, -0.2) is 4.79 Å². The fourth-order valence-electron chi connectivity index (χ4n) is 3.40. The van der Waals surface area contributed by atoms with E-state index in [9.17, 15) is 9.59 Å². The van der Waals surface area contributed by atoms with Gasteiger partial charge in [-0.3, -0.25) is 4.79 Å². The molecular formula is C14H24N2O3. The second-order valence-corrected chi connectivity index (χ2v) is 6.00. The van der Waals surface area contributed by atoms with E-state index in [4.69, 9.17) is 5.11 Å². The van der Waals surface area contributed by atoms with Crippen LogP contribution in [0.15, 0.2) is 0 Å². The van der Waals surface area contributed by atoms with Gasteiger partial charge in [-0.1, -0.05) is 26.2 Å². The highest BCUT2D eigenvalue weighted by molar-refractivity contribution is 5.77. The summed E-state index contributed by atoms with van der Waals surface area (Å²) in [6, 6.07) is -0.421. The highest BCUT2D eigenvalue weighted by atomic mass is 16.4. The zero-order valence-corrected chi connectivity index (χ0v) is 11.5. The summed E-state index contributed by atoms with van der Waals surface area (Å²) in [4.78, 5) is 22.8. The molecular weight excluding hydrogens is 244 g/mol. The molecule has 0 aromatic heterocycles. The lowest BCUT2D eigenvalue weighted by Crippen LogP contribution is -2.46. The van der Waals surface area contributed by atoms with Gasteiger partial charge in [-0.15, -0.1) is 0 Å². The molecule has 2 aliphatic carbocycles. The Hall–Kier alpha value is -1.26. The zero-order valence-electron chi connectivity index (χ0n) is 11.5. The van der Waals surface area contributed by atoms with E-state index < -0.39 is 11.9 Å². The molecule has 5 heteroatoms. The third-order valence-corrected chi connectivity index (χ3v) is 4.71. The van der Waals surface area contributed by atoms with Crippen LogP contribution in [0.2, 0.25) is 0 Å². The number of nitrogens with one attached hydrogen (secondary N) is 2. The number of carbonyl (C=O) groups excluding carboxylic acids is 1. The Labute approximate surface area is 114 Å². The molecule has 108 valence electrons. The molecule has 5 nitrogen and oxygen atoms in total. The van der Waals surface area contributed by atoms with Crippen molar-refractivity contribution in [3.05, 3.63) is 0 Å². The number of hydrogen-bond acceptors (Lipinski definition) is 2. The van der Waals surface area contributed by atoms with E-state index in [1.165, 1.54) is 19.3 Å². The topological polar surface area (TPSA) is 78.4 Å². The average Bonchev–Trinajstić information content (AvgIpc) is 2.95. The zero-order chi connectivity index (χ0) is 13.8. The number of aliphatic carboxylic acids is 1. The van der Waals surface area contributed by atoms with Crippen LogP contribution in [0.3, 0.4) is 0 Å². The number of carbonyl (C=O) groups is 2. The molecule has 0 bridgehead atoms. The summed E-state index contributed by atoms with van der Waals surface area (Å²) in [6.07, 6.45) is 5.99. The molecule has 3 N–H and O–H groups in total. The summed E-state index contributed by atoms with van der Waals surface area (Å²) in [5, 5.41) is 14.8. The highest BCUT2D eigenvalue weighted by Gasteiger charge is 2.34. The fraction of sp³-hybridized carbons (Fsp3) is 0.857. The van der Waals surface area contributed by atoms with Crippen molar-refractivity contribution in [1.82, 2.24) is 10.6 Å². The maximum Gasteiger partial charge on any atom is 0.315 e. The second kappa shape index (κ2) is 6.26. The fourth-order valence-corrected chi connectivity index (χ4v) is 3.40. The predicted octanol–water partition coefficient (Wildman–Crippen LogP) is 1.98. The molecule has 0 aliphatic heterocycles. The van der Waals surface area contributed by atoms with Gasteiger partial charge in [0.05, 0.1) is 5.92 Å². The monoisotopic (exact) mass is 268 g/mol. The van der Waals surface area contributed by atoms with Gasteiger partial charge in [-0.2, -0.15) is 0 Å². The first-order chi connectivity index (χ1) is 9.08. The lowest BCUT2D eigenvalue weighted by molar-refractivity contribution is -0.142. The van der Waals surface area contributed by atoms with Crippen LogP contribution in [0.4, 0.5) is 4.79 Å². The summed E-state index contributed by atoms with van der Waals surface area (Å²) in [5.74, 6) is 0.0338. The van der Waals surface area contributed by atoms with Gasteiger partial charge in [-0.05, 0) is 31.1 Å². The van der Waals surface area contributed by atoms with Crippen molar-refractivity contribution in [2.24, 2.45) is 17.8 Å². The van der Waals surface area contributed by atoms with Crippen molar-refractivity contribution in [3.63, 3.8) is 0 Å². The van der Waals surface area contributed by atoms with E-state index in [0.717, 1.165) is 12.8 Å². The Morgan fingerprint density at radius 2 is 1.89 bits per heavy atom. The standard InChI is InChI=1S/C14H24N2O3/c1-9-4-2-5-10(9)8-15-14(19)16-12-7-3-6-11(12)13(17)18/h9-12H,2-8H2,1H3,(H,17,18)(H2,15,16,19). The van der Waals surface area contributed by atoms with Crippen LogP contribution in [0.5, 0.6) is 0 Å². The van der Waals surface area contributed by atoms with Gasteiger partial charge >= 0.3 is 12.0 Å². The van der Waals surface area contributed by atoms with Crippen molar-refractivity contribution in [2.45, 2.75) is 51.5 Å².